The van der Waals surface area contributed by atoms with Gasteiger partial charge in [-0.3, -0.25) is 9.59 Å². The molecule has 3 aromatic carbocycles. The van der Waals surface area contributed by atoms with Crippen LogP contribution < -0.4 is 10.6 Å². The molecule has 2 N–H and O–H groups in total. The summed E-state index contributed by atoms with van der Waals surface area (Å²) in [6.45, 7) is 3.63. The van der Waals surface area contributed by atoms with E-state index in [9.17, 15) is 14.0 Å². The van der Waals surface area contributed by atoms with E-state index in [1.54, 1.807) is 31.4 Å². The zero-order valence-electron chi connectivity index (χ0n) is 24.1. The van der Waals surface area contributed by atoms with Gasteiger partial charge in [-0.2, -0.15) is 0 Å². The first-order valence-corrected chi connectivity index (χ1v) is 14.8. The van der Waals surface area contributed by atoms with E-state index < -0.39 is 0 Å². The number of halogens is 1. The number of hydrogen-bond acceptors (Lipinski definition) is 4. The average Bonchev–Trinajstić information content (AvgIpc) is 3.35. The lowest BCUT2D eigenvalue weighted by Crippen LogP contribution is -2.13. The van der Waals surface area contributed by atoms with Crippen LogP contribution in [0.1, 0.15) is 66.2 Å². The van der Waals surface area contributed by atoms with Crippen LogP contribution in [0.4, 0.5) is 10.1 Å². The second-order valence-corrected chi connectivity index (χ2v) is 11.3. The number of carbonyl (C=O) groups is 2. The molecule has 0 unspecified atom stereocenters. The van der Waals surface area contributed by atoms with Crippen molar-refractivity contribution in [3.05, 3.63) is 88.6 Å². The highest BCUT2D eigenvalue weighted by Gasteiger charge is 2.15. The van der Waals surface area contributed by atoms with Crippen LogP contribution in [-0.2, 0) is 11.2 Å². The van der Waals surface area contributed by atoms with Crippen LogP contribution in [0.5, 0.6) is 0 Å². The van der Waals surface area contributed by atoms with Crippen molar-refractivity contribution in [3.63, 3.8) is 0 Å². The Bertz CT molecular complexity index is 1390. The van der Waals surface area contributed by atoms with E-state index in [2.05, 4.69) is 17.9 Å². The molecule has 1 heterocycles. The molecule has 1 amide bonds. The molecule has 0 aliphatic heterocycles. The standard InChI is InChI=1S/C22H26FNO.C11H10OS.CH5N/c1-24(16-25)21-12-9-18(10-13-21)19-11-14-22(23)20(15-19)8-7-17-5-3-2-4-6-17;1-7-9-5-3-4-6-10(9)13-11(7)8(2)12;1-2/h9-17H,2-8H2,1H3;3-6H,1-2H3;2H2,1H3. The number of thiophene rings is 1. The number of amides is 1. The minimum Gasteiger partial charge on any atom is -0.333 e. The van der Waals surface area contributed by atoms with Gasteiger partial charge in [0.2, 0.25) is 6.41 Å². The number of anilines is 1. The molecule has 4 nitrogen and oxygen atoms in total. The molecule has 1 aromatic heterocycles. The van der Waals surface area contributed by atoms with Gasteiger partial charge in [0, 0.05) is 17.4 Å². The van der Waals surface area contributed by atoms with E-state index in [0.717, 1.165) is 58.0 Å². The van der Waals surface area contributed by atoms with Crippen molar-refractivity contribution in [1.82, 2.24) is 0 Å². The molecular weight excluding hydrogens is 519 g/mol. The predicted octanol–water partition coefficient (Wildman–Crippen LogP) is 8.59. The van der Waals surface area contributed by atoms with E-state index in [1.807, 2.05) is 55.5 Å². The maximum absolute atomic E-state index is 14.2. The molecule has 1 aliphatic rings. The molecule has 4 aromatic rings. The summed E-state index contributed by atoms with van der Waals surface area (Å²) >= 11 is 1.58. The Morgan fingerprint density at radius 2 is 1.65 bits per heavy atom. The number of carbonyl (C=O) groups excluding carboxylic acids is 2. The molecule has 1 aliphatic carbocycles. The van der Waals surface area contributed by atoms with Gasteiger partial charge >= 0.3 is 0 Å². The molecule has 1 fully saturated rings. The summed E-state index contributed by atoms with van der Waals surface area (Å²) in [6.07, 6.45) is 9.30. The summed E-state index contributed by atoms with van der Waals surface area (Å²) in [7, 11) is 3.23. The van der Waals surface area contributed by atoms with Crippen molar-refractivity contribution < 1.29 is 14.0 Å². The predicted molar refractivity (Wildman–Crippen MR) is 168 cm³/mol. The van der Waals surface area contributed by atoms with Gasteiger partial charge in [-0.1, -0.05) is 68.5 Å². The van der Waals surface area contributed by atoms with Crippen molar-refractivity contribution in [2.45, 2.75) is 58.8 Å². The van der Waals surface area contributed by atoms with Crippen molar-refractivity contribution in [2.75, 3.05) is 19.0 Å². The summed E-state index contributed by atoms with van der Waals surface area (Å²) in [4.78, 5) is 24.5. The zero-order chi connectivity index (χ0) is 29.1. The third kappa shape index (κ3) is 8.09. The molecule has 0 saturated heterocycles. The molecule has 40 heavy (non-hydrogen) atoms. The smallest absolute Gasteiger partial charge is 0.213 e. The lowest BCUT2D eigenvalue weighted by atomic mass is 9.85. The Balaban J connectivity index is 0.000000246. The highest BCUT2D eigenvalue weighted by molar-refractivity contribution is 7.21. The van der Waals surface area contributed by atoms with Gasteiger partial charge in [0.1, 0.15) is 5.82 Å². The van der Waals surface area contributed by atoms with Crippen LogP contribution in [0.2, 0.25) is 0 Å². The SMILES string of the molecule is CC(=O)c1sc2ccccc2c1C.CN.CN(C=O)c1ccc(-c2ccc(F)c(CCC3CCCCC3)c2)cc1. The van der Waals surface area contributed by atoms with Crippen molar-refractivity contribution >= 4 is 39.3 Å². The van der Waals surface area contributed by atoms with Crippen LogP contribution >= 0.6 is 11.3 Å². The summed E-state index contributed by atoms with van der Waals surface area (Å²) < 4.78 is 15.4. The van der Waals surface area contributed by atoms with Gasteiger partial charge in [-0.15, -0.1) is 11.3 Å². The number of ketones is 1. The maximum atomic E-state index is 14.2. The van der Waals surface area contributed by atoms with Crippen molar-refractivity contribution in [2.24, 2.45) is 11.7 Å². The van der Waals surface area contributed by atoms with Crippen LogP contribution in [0.3, 0.4) is 0 Å². The number of Topliss-reactive ketones (excluding diaryl/α,β-unsaturated/α-hetero) is 1. The number of nitrogens with two attached hydrogens (primary N) is 1. The molecule has 0 radical (unpaired) electrons. The number of rotatable bonds is 7. The Morgan fingerprint density at radius 3 is 2.27 bits per heavy atom. The summed E-state index contributed by atoms with van der Waals surface area (Å²) in [5.41, 5.74) is 9.35. The van der Waals surface area contributed by atoms with Crippen molar-refractivity contribution in [1.29, 1.82) is 0 Å². The second kappa shape index (κ2) is 15.4. The van der Waals surface area contributed by atoms with Gasteiger partial charge in [0.15, 0.2) is 5.78 Å². The second-order valence-electron chi connectivity index (χ2n) is 10.2. The Kier molecular flexibility index (Phi) is 12.0. The lowest BCUT2D eigenvalue weighted by molar-refractivity contribution is -0.107. The first-order chi connectivity index (χ1) is 19.4. The van der Waals surface area contributed by atoms with Gasteiger partial charge < -0.3 is 10.6 Å². The molecule has 0 spiro atoms. The fraction of sp³-hybridized carbons (Fsp3) is 0.353. The lowest BCUT2D eigenvalue weighted by Gasteiger charge is -2.21. The van der Waals surface area contributed by atoms with Crippen LogP contribution in [-0.4, -0.2) is 26.3 Å². The molecule has 5 rings (SSSR count). The van der Waals surface area contributed by atoms with Gasteiger partial charge in [0.25, 0.3) is 0 Å². The fourth-order valence-electron chi connectivity index (χ4n) is 5.24. The minimum absolute atomic E-state index is 0.100. The summed E-state index contributed by atoms with van der Waals surface area (Å²) in [6, 6.07) is 21.3. The van der Waals surface area contributed by atoms with Gasteiger partial charge in [0.05, 0.1) is 4.88 Å². The van der Waals surface area contributed by atoms with Gasteiger partial charge in [-0.25, -0.2) is 4.39 Å². The largest absolute Gasteiger partial charge is 0.333 e. The highest BCUT2D eigenvalue weighted by Crippen LogP contribution is 2.31. The van der Waals surface area contributed by atoms with Gasteiger partial charge in [-0.05, 0) is 97.6 Å². The Hall–Kier alpha value is -3.35. The number of hydrogen-bond donors (Lipinski definition) is 1. The summed E-state index contributed by atoms with van der Waals surface area (Å²) in [5, 5.41) is 1.21. The molecule has 212 valence electrons. The third-order valence-electron chi connectivity index (χ3n) is 7.52. The first-order valence-electron chi connectivity index (χ1n) is 14.0. The normalized spacial score (nSPS) is 13.1. The number of benzene rings is 3. The topological polar surface area (TPSA) is 63.4 Å². The van der Waals surface area contributed by atoms with E-state index in [-0.39, 0.29) is 11.6 Å². The van der Waals surface area contributed by atoms with Crippen LogP contribution in [0.25, 0.3) is 21.2 Å². The van der Waals surface area contributed by atoms with E-state index in [4.69, 9.17) is 0 Å². The molecule has 0 atom stereocenters. The molecular formula is C34H41FN2O2S. The molecule has 0 bridgehead atoms. The number of aryl methyl sites for hydroxylation is 2. The Labute approximate surface area is 242 Å². The molecule has 1 saturated carbocycles. The zero-order valence-corrected chi connectivity index (χ0v) is 24.9. The number of nitrogens with zero attached hydrogens (tertiary/aromatic N) is 1. The van der Waals surface area contributed by atoms with E-state index in [0.29, 0.717) is 0 Å². The quantitative estimate of drug-likeness (QED) is 0.182. The van der Waals surface area contributed by atoms with E-state index in [1.165, 1.54) is 54.1 Å². The van der Waals surface area contributed by atoms with E-state index >= 15 is 0 Å². The summed E-state index contributed by atoms with van der Waals surface area (Å²) in [5.74, 6) is 0.825. The fourth-order valence-corrected chi connectivity index (χ4v) is 6.35. The first kappa shape index (κ1) is 31.2. The van der Waals surface area contributed by atoms with Crippen LogP contribution in [0.15, 0.2) is 66.7 Å². The molecule has 6 heteroatoms. The minimum atomic E-state index is -0.100. The number of fused-ring (bicyclic) bond motifs is 1. The average molecular weight is 561 g/mol. The van der Waals surface area contributed by atoms with Crippen molar-refractivity contribution in [3.8, 4) is 11.1 Å². The van der Waals surface area contributed by atoms with Crippen LogP contribution in [0, 0.1) is 18.7 Å². The maximum Gasteiger partial charge on any atom is 0.213 e. The highest BCUT2D eigenvalue weighted by atomic mass is 32.1. The monoisotopic (exact) mass is 560 g/mol. The third-order valence-corrected chi connectivity index (χ3v) is 8.90. The Morgan fingerprint density at radius 1 is 1.00 bits per heavy atom.